The molecule has 12 heteroatoms. The summed E-state index contributed by atoms with van der Waals surface area (Å²) in [5.74, 6) is -1.96. The highest BCUT2D eigenvalue weighted by atomic mass is 32.2. The summed E-state index contributed by atoms with van der Waals surface area (Å²) in [7, 11) is -1.89. The lowest BCUT2D eigenvalue weighted by molar-refractivity contribution is -0.126. The summed E-state index contributed by atoms with van der Waals surface area (Å²) >= 11 is 1.34. The van der Waals surface area contributed by atoms with Gasteiger partial charge in [-0.15, -0.1) is 11.3 Å². The van der Waals surface area contributed by atoms with Crippen LogP contribution in [-0.4, -0.2) is 46.3 Å². The molecule has 3 amide bonds. The molecule has 5 rings (SSSR count). The Morgan fingerprint density at radius 2 is 1.77 bits per heavy atom. The van der Waals surface area contributed by atoms with E-state index >= 15 is 0 Å². The first kappa shape index (κ1) is 27.8. The number of nitrogens with zero attached hydrogens (tertiary/aromatic N) is 1. The van der Waals surface area contributed by atoms with Gasteiger partial charge in [0.1, 0.15) is 23.4 Å². The molecule has 0 spiro atoms. The molecule has 1 aliphatic carbocycles. The van der Waals surface area contributed by atoms with Crippen LogP contribution < -0.4 is 25.0 Å². The molecule has 0 saturated heterocycles. The van der Waals surface area contributed by atoms with Crippen LogP contribution in [0.3, 0.4) is 0 Å². The van der Waals surface area contributed by atoms with E-state index in [9.17, 15) is 23.0 Å². The van der Waals surface area contributed by atoms with Crippen molar-refractivity contribution in [2.45, 2.75) is 37.8 Å². The van der Waals surface area contributed by atoms with Crippen LogP contribution in [0.4, 0.5) is 15.8 Å². The van der Waals surface area contributed by atoms with Gasteiger partial charge in [-0.05, 0) is 60.7 Å². The van der Waals surface area contributed by atoms with Crippen molar-refractivity contribution in [3.63, 3.8) is 0 Å². The second kappa shape index (κ2) is 12.6. The fraction of sp³-hybridized carbons (Fsp3) is 0.321. The predicted octanol–water partition coefficient (Wildman–Crippen LogP) is 4.14. The minimum atomic E-state index is -1.89. The second-order valence-corrected chi connectivity index (χ2v) is 11.9. The Kier molecular flexibility index (Phi) is 8.75. The van der Waals surface area contributed by atoms with Crippen molar-refractivity contribution in [2.75, 3.05) is 28.5 Å². The maximum absolute atomic E-state index is 13.8. The Morgan fingerprint density at radius 1 is 1.02 bits per heavy atom. The SMILES string of the molecule is O=C(C[S@](=O)CC(=O)N(c1ccc2c(c1)OCO2)[C@H](C(=O)NC1CCCC1)c1cccs1)Nc1ccc(F)cc1. The molecule has 2 heterocycles. The van der Waals surface area contributed by atoms with E-state index < -0.39 is 46.0 Å². The summed E-state index contributed by atoms with van der Waals surface area (Å²) in [5, 5.41) is 7.47. The smallest absolute Gasteiger partial charge is 0.248 e. The van der Waals surface area contributed by atoms with Gasteiger partial charge in [-0.25, -0.2) is 4.39 Å². The first-order valence-corrected chi connectivity index (χ1v) is 15.2. The summed E-state index contributed by atoms with van der Waals surface area (Å²) in [6.45, 7) is 0.0381. The summed E-state index contributed by atoms with van der Waals surface area (Å²) in [5.41, 5.74) is 0.722. The van der Waals surface area contributed by atoms with E-state index in [-0.39, 0.29) is 18.7 Å². The fourth-order valence-electron chi connectivity index (χ4n) is 4.78. The van der Waals surface area contributed by atoms with Crippen molar-refractivity contribution >= 4 is 51.2 Å². The molecule has 9 nitrogen and oxygen atoms in total. The minimum absolute atomic E-state index is 0.0213. The highest BCUT2D eigenvalue weighted by molar-refractivity contribution is 7.86. The number of nitrogens with one attached hydrogen (secondary N) is 2. The molecule has 1 saturated carbocycles. The Hall–Kier alpha value is -3.77. The maximum Gasteiger partial charge on any atom is 0.248 e. The molecule has 2 N–H and O–H groups in total. The number of carbonyl (C=O) groups excluding carboxylic acids is 3. The number of halogens is 1. The molecule has 1 fully saturated rings. The van der Waals surface area contributed by atoms with Crippen LogP contribution in [0, 0.1) is 5.82 Å². The summed E-state index contributed by atoms with van der Waals surface area (Å²) in [4.78, 5) is 42.0. The van der Waals surface area contributed by atoms with E-state index in [2.05, 4.69) is 10.6 Å². The van der Waals surface area contributed by atoms with E-state index in [1.54, 1.807) is 30.3 Å². The number of carbonyl (C=O) groups is 3. The van der Waals surface area contributed by atoms with Gasteiger partial charge in [-0.3, -0.25) is 23.5 Å². The summed E-state index contributed by atoms with van der Waals surface area (Å²) in [6, 6.07) is 12.7. The number of thiophene rings is 1. The average molecular weight is 586 g/mol. The van der Waals surface area contributed by atoms with Crippen LogP contribution in [0.25, 0.3) is 0 Å². The van der Waals surface area contributed by atoms with Gasteiger partial charge in [0.15, 0.2) is 11.5 Å². The zero-order valence-electron chi connectivity index (χ0n) is 21.5. The lowest BCUT2D eigenvalue weighted by atomic mass is 10.1. The van der Waals surface area contributed by atoms with E-state index in [1.165, 1.54) is 40.5 Å². The average Bonchev–Trinajstić information content (AvgIpc) is 3.71. The highest BCUT2D eigenvalue weighted by Crippen LogP contribution is 2.39. The van der Waals surface area contributed by atoms with Crippen LogP contribution in [0.1, 0.15) is 36.6 Å². The van der Waals surface area contributed by atoms with Gasteiger partial charge in [0, 0.05) is 39.2 Å². The molecule has 0 bridgehead atoms. The summed E-state index contributed by atoms with van der Waals surface area (Å²) < 4.78 is 37.1. The van der Waals surface area contributed by atoms with Gasteiger partial charge in [-0.2, -0.15) is 0 Å². The molecule has 1 aromatic heterocycles. The van der Waals surface area contributed by atoms with E-state index in [0.717, 1.165) is 25.7 Å². The quantitative estimate of drug-likeness (QED) is 0.370. The first-order chi connectivity index (χ1) is 19.4. The van der Waals surface area contributed by atoms with Crippen LogP contribution in [-0.2, 0) is 25.2 Å². The van der Waals surface area contributed by atoms with Crippen molar-refractivity contribution in [1.29, 1.82) is 0 Å². The van der Waals surface area contributed by atoms with E-state index in [1.807, 2.05) is 5.38 Å². The summed E-state index contributed by atoms with van der Waals surface area (Å²) in [6.07, 6.45) is 3.79. The van der Waals surface area contributed by atoms with E-state index in [0.29, 0.717) is 27.8 Å². The van der Waals surface area contributed by atoms with Gasteiger partial charge in [0.25, 0.3) is 0 Å². The molecule has 3 aromatic rings. The molecular formula is C28H28FN3O6S2. The molecule has 2 atom stereocenters. The molecule has 2 aliphatic rings. The van der Waals surface area contributed by atoms with Crippen molar-refractivity contribution in [1.82, 2.24) is 5.32 Å². The van der Waals surface area contributed by atoms with Crippen molar-refractivity contribution in [2.24, 2.45) is 0 Å². The first-order valence-electron chi connectivity index (χ1n) is 12.8. The fourth-order valence-corrected chi connectivity index (χ4v) is 6.47. The zero-order chi connectivity index (χ0) is 28.1. The van der Waals surface area contributed by atoms with Gasteiger partial charge < -0.3 is 20.1 Å². The topological polar surface area (TPSA) is 114 Å². The number of ether oxygens (including phenoxy) is 2. The van der Waals surface area contributed by atoms with Gasteiger partial charge in [-0.1, -0.05) is 18.9 Å². The monoisotopic (exact) mass is 585 g/mol. The number of fused-ring (bicyclic) bond motifs is 1. The number of anilines is 2. The predicted molar refractivity (Wildman–Crippen MR) is 150 cm³/mol. The third-order valence-electron chi connectivity index (χ3n) is 6.63. The number of amides is 3. The zero-order valence-corrected chi connectivity index (χ0v) is 23.1. The minimum Gasteiger partial charge on any atom is -0.454 e. The molecule has 1 aliphatic heterocycles. The lowest BCUT2D eigenvalue weighted by Gasteiger charge is -2.31. The third kappa shape index (κ3) is 6.68. The molecule has 210 valence electrons. The van der Waals surface area contributed by atoms with Crippen LogP contribution in [0.2, 0.25) is 0 Å². The molecule has 2 aromatic carbocycles. The van der Waals surface area contributed by atoms with Crippen LogP contribution in [0.5, 0.6) is 11.5 Å². The largest absolute Gasteiger partial charge is 0.454 e. The maximum atomic E-state index is 13.8. The number of rotatable bonds is 10. The number of benzene rings is 2. The van der Waals surface area contributed by atoms with Gasteiger partial charge >= 0.3 is 0 Å². The van der Waals surface area contributed by atoms with Crippen molar-refractivity contribution in [3.05, 3.63) is 70.7 Å². The Balaban J connectivity index is 1.39. The number of hydrogen-bond acceptors (Lipinski definition) is 7. The van der Waals surface area contributed by atoms with Crippen LogP contribution >= 0.6 is 11.3 Å². The lowest BCUT2D eigenvalue weighted by Crippen LogP contribution is -2.47. The standard InChI is InChI=1S/C28H28FN3O6S2/c29-18-7-9-20(10-8-18)30-25(33)15-40(36)16-26(34)32(21-11-12-22-23(14-21)38-17-37-22)27(24-6-3-13-39-24)28(35)31-19-4-1-2-5-19/h3,6-14,19,27H,1-2,4-5,15-17H2,(H,30,33)(H,31,35)/t27-,40-/m0/s1. The molecule has 0 radical (unpaired) electrons. The Labute approximate surface area is 237 Å². The Morgan fingerprint density at radius 3 is 2.50 bits per heavy atom. The van der Waals surface area contributed by atoms with E-state index in [4.69, 9.17) is 9.47 Å². The number of hydrogen-bond donors (Lipinski definition) is 2. The second-order valence-electron chi connectivity index (χ2n) is 9.49. The normalized spacial score (nSPS) is 15.8. The van der Waals surface area contributed by atoms with Gasteiger partial charge in [0.05, 0.1) is 0 Å². The third-order valence-corrected chi connectivity index (χ3v) is 8.71. The van der Waals surface area contributed by atoms with Crippen molar-refractivity contribution < 1.29 is 32.5 Å². The van der Waals surface area contributed by atoms with Gasteiger partial charge in [0.2, 0.25) is 24.5 Å². The molecule has 0 unspecified atom stereocenters. The molecular weight excluding hydrogens is 557 g/mol. The van der Waals surface area contributed by atoms with Crippen LogP contribution in [0.15, 0.2) is 60.0 Å². The molecule has 40 heavy (non-hydrogen) atoms. The Bertz CT molecular complexity index is 1390. The van der Waals surface area contributed by atoms with Crippen molar-refractivity contribution in [3.8, 4) is 11.5 Å². The highest BCUT2D eigenvalue weighted by Gasteiger charge is 2.36.